The SMILES string of the molecule is OCc1nnc2ccc3cccc(Br)c3n12. The van der Waals surface area contributed by atoms with Gasteiger partial charge in [-0.3, -0.25) is 4.40 Å². The molecule has 1 aromatic carbocycles. The van der Waals surface area contributed by atoms with Crippen LogP contribution in [0.2, 0.25) is 0 Å². The first kappa shape index (κ1) is 9.74. The second-order valence-electron chi connectivity index (χ2n) is 3.48. The van der Waals surface area contributed by atoms with Gasteiger partial charge in [-0.2, -0.15) is 0 Å². The molecule has 0 aliphatic heterocycles. The molecule has 16 heavy (non-hydrogen) atoms. The molecule has 5 heteroatoms. The maximum absolute atomic E-state index is 9.24. The van der Waals surface area contributed by atoms with E-state index in [2.05, 4.69) is 26.1 Å². The molecule has 2 aromatic heterocycles. The molecular weight excluding hydrogens is 270 g/mol. The second kappa shape index (κ2) is 3.54. The Bertz CT molecular complexity index is 677. The smallest absolute Gasteiger partial charge is 0.163 e. The summed E-state index contributed by atoms with van der Waals surface area (Å²) >= 11 is 3.51. The number of benzene rings is 1. The van der Waals surface area contributed by atoms with Crippen molar-refractivity contribution in [1.29, 1.82) is 0 Å². The number of nitrogens with zero attached hydrogens (tertiary/aromatic N) is 3. The van der Waals surface area contributed by atoms with Crippen molar-refractivity contribution in [2.45, 2.75) is 6.61 Å². The molecule has 0 atom stereocenters. The average molecular weight is 278 g/mol. The standard InChI is InChI=1S/C11H8BrN3O/c12-8-3-1-2-7-4-5-9-13-14-10(6-16)15(9)11(7)8/h1-5,16H,6H2. The van der Waals surface area contributed by atoms with Crippen molar-refractivity contribution in [2.75, 3.05) is 0 Å². The average Bonchev–Trinajstić information content (AvgIpc) is 2.72. The summed E-state index contributed by atoms with van der Waals surface area (Å²) in [6, 6.07) is 9.83. The summed E-state index contributed by atoms with van der Waals surface area (Å²) in [5.74, 6) is 0.549. The van der Waals surface area contributed by atoms with Gasteiger partial charge in [-0.15, -0.1) is 10.2 Å². The maximum Gasteiger partial charge on any atom is 0.163 e. The van der Waals surface area contributed by atoms with Crippen molar-refractivity contribution < 1.29 is 5.11 Å². The minimum atomic E-state index is -0.123. The Balaban J connectivity index is 2.60. The van der Waals surface area contributed by atoms with Crippen molar-refractivity contribution in [3.63, 3.8) is 0 Å². The first-order valence-electron chi connectivity index (χ1n) is 4.83. The molecule has 80 valence electrons. The number of halogens is 1. The van der Waals surface area contributed by atoms with E-state index in [1.54, 1.807) is 0 Å². The van der Waals surface area contributed by atoms with Crippen LogP contribution in [-0.4, -0.2) is 19.7 Å². The molecule has 0 fully saturated rings. The van der Waals surface area contributed by atoms with E-state index in [0.29, 0.717) is 5.82 Å². The number of hydrogen-bond donors (Lipinski definition) is 1. The summed E-state index contributed by atoms with van der Waals surface area (Å²) in [6.07, 6.45) is 0. The number of aliphatic hydroxyl groups is 1. The van der Waals surface area contributed by atoms with Crippen LogP contribution < -0.4 is 0 Å². The number of fused-ring (bicyclic) bond motifs is 3. The van der Waals surface area contributed by atoms with Crippen LogP contribution in [0.15, 0.2) is 34.8 Å². The summed E-state index contributed by atoms with van der Waals surface area (Å²) in [5.41, 5.74) is 1.72. The molecule has 3 rings (SSSR count). The molecule has 0 spiro atoms. The molecule has 0 amide bonds. The number of pyridine rings is 1. The van der Waals surface area contributed by atoms with Gasteiger partial charge in [0.1, 0.15) is 6.61 Å². The largest absolute Gasteiger partial charge is 0.388 e. The van der Waals surface area contributed by atoms with Crippen LogP contribution in [0.25, 0.3) is 16.6 Å². The van der Waals surface area contributed by atoms with E-state index in [1.807, 2.05) is 34.7 Å². The third-order valence-corrected chi connectivity index (χ3v) is 3.19. The van der Waals surface area contributed by atoms with Crippen LogP contribution in [0.1, 0.15) is 5.82 Å². The Morgan fingerprint density at radius 2 is 2.06 bits per heavy atom. The van der Waals surface area contributed by atoms with Crippen molar-refractivity contribution in [1.82, 2.24) is 14.6 Å². The molecule has 0 saturated heterocycles. The highest BCUT2D eigenvalue weighted by Gasteiger charge is 2.09. The van der Waals surface area contributed by atoms with E-state index in [4.69, 9.17) is 0 Å². The molecule has 4 nitrogen and oxygen atoms in total. The van der Waals surface area contributed by atoms with Crippen LogP contribution in [0.4, 0.5) is 0 Å². The fourth-order valence-electron chi connectivity index (χ4n) is 1.85. The van der Waals surface area contributed by atoms with Gasteiger partial charge >= 0.3 is 0 Å². The third kappa shape index (κ3) is 1.25. The van der Waals surface area contributed by atoms with E-state index in [0.717, 1.165) is 21.0 Å². The van der Waals surface area contributed by atoms with Gasteiger partial charge < -0.3 is 5.11 Å². The van der Waals surface area contributed by atoms with Crippen molar-refractivity contribution in [2.24, 2.45) is 0 Å². The fourth-order valence-corrected chi connectivity index (χ4v) is 2.41. The molecule has 0 saturated carbocycles. The number of para-hydroxylation sites is 1. The summed E-state index contributed by atoms with van der Waals surface area (Å²) in [5, 5.41) is 18.3. The monoisotopic (exact) mass is 277 g/mol. The second-order valence-corrected chi connectivity index (χ2v) is 4.33. The quantitative estimate of drug-likeness (QED) is 0.742. The highest BCUT2D eigenvalue weighted by atomic mass is 79.9. The molecule has 1 N–H and O–H groups in total. The lowest BCUT2D eigenvalue weighted by molar-refractivity contribution is 0.270. The number of aliphatic hydroxyl groups excluding tert-OH is 1. The molecule has 0 aliphatic carbocycles. The molecular formula is C11H8BrN3O. The first-order chi connectivity index (χ1) is 7.81. The van der Waals surface area contributed by atoms with Gasteiger partial charge in [0.25, 0.3) is 0 Å². The summed E-state index contributed by atoms with van der Waals surface area (Å²) in [6.45, 7) is -0.123. The van der Waals surface area contributed by atoms with Crippen LogP contribution in [-0.2, 0) is 6.61 Å². The van der Waals surface area contributed by atoms with Crippen molar-refractivity contribution in [3.8, 4) is 0 Å². The minimum Gasteiger partial charge on any atom is -0.388 e. The zero-order chi connectivity index (χ0) is 11.1. The van der Waals surface area contributed by atoms with Crippen LogP contribution >= 0.6 is 15.9 Å². The lowest BCUT2D eigenvalue weighted by Crippen LogP contribution is -1.96. The zero-order valence-corrected chi connectivity index (χ0v) is 9.85. The normalized spacial score (nSPS) is 11.4. The highest BCUT2D eigenvalue weighted by molar-refractivity contribution is 9.10. The predicted octanol–water partition coefficient (Wildman–Crippen LogP) is 2.14. The van der Waals surface area contributed by atoms with E-state index in [9.17, 15) is 5.11 Å². The van der Waals surface area contributed by atoms with Gasteiger partial charge in [0.2, 0.25) is 0 Å². The van der Waals surface area contributed by atoms with Crippen molar-refractivity contribution >= 4 is 32.5 Å². The Morgan fingerprint density at radius 1 is 1.19 bits per heavy atom. The Hall–Kier alpha value is -1.46. The van der Waals surface area contributed by atoms with Gasteiger partial charge in [-0.25, -0.2) is 0 Å². The highest BCUT2D eigenvalue weighted by Crippen LogP contribution is 2.25. The summed E-state index contributed by atoms with van der Waals surface area (Å²) < 4.78 is 2.82. The molecule has 0 aliphatic rings. The Labute approximate surface area is 99.7 Å². The van der Waals surface area contributed by atoms with Gasteiger partial charge in [0.05, 0.1) is 5.52 Å². The molecule has 0 bridgehead atoms. The van der Waals surface area contributed by atoms with E-state index in [-0.39, 0.29) is 6.61 Å². The summed E-state index contributed by atoms with van der Waals surface area (Å²) in [7, 11) is 0. The topological polar surface area (TPSA) is 50.4 Å². The van der Waals surface area contributed by atoms with Crippen LogP contribution in [0.5, 0.6) is 0 Å². The number of aromatic nitrogens is 3. The van der Waals surface area contributed by atoms with Gasteiger partial charge in [-0.1, -0.05) is 12.1 Å². The maximum atomic E-state index is 9.24. The van der Waals surface area contributed by atoms with Crippen molar-refractivity contribution in [3.05, 3.63) is 40.6 Å². The molecule has 0 radical (unpaired) electrons. The Kier molecular flexibility index (Phi) is 2.15. The van der Waals surface area contributed by atoms with Gasteiger partial charge in [-0.05, 0) is 39.5 Å². The van der Waals surface area contributed by atoms with E-state index >= 15 is 0 Å². The lowest BCUT2D eigenvalue weighted by Gasteiger charge is -2.05. The first-order valence-corrected chi connectivity index (χ1v) is 5.62. The molecule has 2 heterocycles. The Morgan fingerprint density at radius 3 is 2.88 bits per heavy atom. The van der Waals surface area contributed by atoms with Crippen LogP contribution in [0, 0.1) is 0 Å². The number of hydrogen-bond acceptors (Lipinski definition) is 3. The van der Waals surface area contributed by atoms with Gasteiger partial charge in [0.15, 0.2) is 11.5 Å². The van der Waals surface area contributed by atoms with E-state index < -0.39 is 0 Å². The predicted molar refractivity (Wildman–Crippen MR) is 64.1 cm³/mol. The minimum absolute atomic E-state index is 0.123. The third-order valence-electron chi connectivity index (χ3n) is 2.55. The lowest BCUT2D eigenvalue weighted by atomic mass is 10.2. The fraction of sp³-hybridized carbons (Fsp3) is 0.0909. The zero-order valence-electron chi connectivity index (χ0n) is 8.26. The van der Waals surface area contributed by atoms with Crippen LogP contribution in [0.3, 0.4) is 0 Å². The number of rotatable bonds is 1. The summed E-state index contributed by atoms with van der Waals surface area (Å²) in [4.78, 5) is 0. The van der Waals surface area contributed by atoms with E-state index in [1.165, 1.54) is 0 Å². The van der Waals surface area contributed by atoms with Gasteiger partial charge in [0, 0.05) is 4.47 Å². The molecule has 3 aromatic rings. The molecule has 0 unspecified atom stereocenters.